The van der Waals surface area contributed by atoms with Gasteiger partial charge in [-0.05, 0) is 30.9 Å². The van der Waals surface area contributed by atoms with Gasteiger partial charge in [0.15, 0.2) is 0 Å². The molecule has 1 aromatic carbocycles. The average molecular weight is 446 g/mol. The average Bonchev–Trinajstić information content (AvgIpc) is 3.26. The summed E-state index contributed by atoms with van der Waals surface area (Å²) >= 11 is 1.28. The minimum atomic E-state index is -0.655. The highest BCUT2D eigenvalue weighted by Crippen LogP contribution is 2.29. The zero-order chi connectivity index (χ0) is 22.2. The van der Waals surface area contributed by atoms with E-state index in [1.54, 1.807) is 7.11 Å². The third-order valence-electron chi connectivity index (χ3n) is 5.69. The Hall–Kier alpha value is -2.68. The van der Waals surface area contributed by atoms with E-state index in [1.807, 2.05) is 38.1 Å². The number of nitrogens with zero attached hydrogens (tertiary/aromatic N) is 2. The topological polar surface area (TPSA) is 105 Å². The lowest BCUT2D eigenvalue weighted by atomic mass is 9.95. The highest BCUT2D eigenvalue weighted by Gasteiger charge is 2.28. The van der Waals surface area contributed by atoms with Crippen LogP contribution in [0.1, 0.15) is 52.4 Å². The number of hydrogen-bond acceptors (Lipinski definition) is 6. The second kappa shape index (κ2) is 11.1. The molecule has 1 fully saturated rings. The molecule has 3 N–H and O–H groups in total. The molecule has 0 saturated heterocycles. The SMILES string of the molecule is CCC(C)C(NC(=O)NC1CCCCC1)C(=O)Nc1nnc(-c2cccc(OC)c2)s1. The Labute approximate surface area is 187 Å². The Morgan fingerprint density at radius 2 is 2.00 bits per heavy atom. The minimum Gasteiger partial charge on any atom is -0.497 e. The summed E-state index contributed by atoms with van der Waals surface area (Å²) in [6.45, 7) is 3.95. The van der Waals surface area contributed by atoms with Crippen LogP contribution in [0.15, 0.2) is 24.3 Å². The number of methoxy groups -OCH3 is 1. The number of anilines is 1. The van der Waals surface area contributed by atoms with Gasteiger partial charge in [0, 0.05) is 11.6 Å². The van der Waals surface area contributed by atoms with Crippen LogP contribution >= 0.6 is 11.3 Å². The van der Waals surface area contributed by atoms with Crippen molar-refractivity contribution in [3.63, 3.8) is 0 Å². The molecular weight excluding hydrogens is 414 g/mol. The van der Waals surface area contributed by atoms with Crippen LogP contribution in [0, 0.1) is 5.92 Å². The smallest absolute Gasteiger partial charge is 0.315 e. The van der Waals surface area contributed by atoms with Crippen LogP contribution in [0.4, 0.5) is 9.93 Å². The first-order chi connectivity index (χ1) is 15.0. The monoisotopic (exact) mass is 445 g/mol. The molecule has 1 aliphatic carbocycles. The summed E-state index contributed by atoms with van der Waals surface area (Å²) in [5.74, 6) is 0.410. The van der Waals surface area contributed by atoms with Crippen molar-refractivity contribution in [3.8, 4) is 16.3 Å². The van der Waals surface area contributed by atoms with Crippen LogP contribution in [-0.2, 0) is 4.79 Å². The van der Waals surface area contributed by atoms with Crippen LogP contribution in [0.3, 0.4) is 0 Å². The third kappa shape index (κ3) is 6.40. The van der Waals surface area contributed by atoms with Gasteiger partial charge in [0.2, 0.25) is 11.0 Å². The second-order valence-corrected chi connectivity index (χ2v) is 8.93. The summed E-state index contributed by atoms with van der Waals surface area (Å²) in [5.41, 5.74) is 0.862. The Kier molecular flexibility index (Phi) is 8.22. The van der Waals surface area contributed by atoms with Gasteiger partial charge in [0.05, 0.1) is 7.11 Å². The van der Waals surface area contributed by atoms with Gasteiger partial charge < -0.3 is 15.4 Å². The van der Waals surface area contributed by atoms with E-state index in [0.717, 1.165) is 43.4 Å². The Morgan fingerprint density at radius 1 is 1.23 bits per heavy atom. The van der Waals surface area contributed by atoms with Crippen molar-refractivity contribution in [1.29, 1.82) is 0 Å². The maximum Gasteiger partial charge on any atom is 0.315 e. The molecule has 1 aliphatic rings. The fourth-order valence-electron chi connectivity index (χ4n) is 3.65. The van der Waals surface area contributed by atoms with Crippen LogP contribution in [0.2, 0.25) is 0 Å². The van der Waals surface area contributed by atoms with Crippen LogP contribution < -0.4 is 20.7 Å². The number of amides is 3. The lowest BCUT2D eigenvalue weighted by molar-refractivity contribution is -0.119. The zero-order valence-corrected chi connectivity index (χ0v) is 19.1. The molecule has 2 unspecified atom stereocenters. The Balaban J connectivity index is 1.63. The van der Waals surface area contributed by atoms with Crippen molar-refractivity contribution in [2.45, 2.75) is 64.5 Å². The number of carbonyl (C=O) groups is 2. The fraction of sp³-hybridized carbons (Fsp3) is 0.545. The van der Waals surface area contributed by atoms with Crippen molar-refractivity contribution < 1.29 is 14.3 Å². The number of carbonyl (C=O) groups excluding carboxylic acids is 2. The molecule has 9 heteroatoms. The zero-order valence-electron chi connectivity index (χ0n) is 18.3. The number of benzene rings is 1. The molecule has 1 heterocycles. The first kappa shape index (κ1) is 23.0. The van der Waals surface area contributed by atoms with Crippen LogP contribution in [-0.4, -0.2) is 41.3 Å². The van der Waals surface area contributed by atoms with Gasteiger partial charge in [-0.2, -0.15) is 0 Å². The number of hydrogen-bond donors (Lipinski definition) is 3. The third-order valence-corrected chi connectivity index (χ3v) is 6.58. The molecule has 3 rings (SSSR count). The van der Waals surface area contributed by atoms with E-state index in [4.69, 9.17) is 4.74 Å². The van der Waals surface area contributed by atoms with Gasteiger partial charge in [-0.25, -0.2) is 4.79 Å². The number of urea groups is 1. The summed E-state index contributed by atoms with van der Waals surface area (Å²) in [6.07, 6.45) is 6.22. The van der Waals surface area contributed by atoms with Crippen molar-refractivity contribution in [2.75, 3.05) is 12.4 Å². The van der Waals surface area contributed by atoms with Crippen molar-refractivity contribution in [2.24, 2.45) is 5.92 Å². The first-order valence-electron chi connectivity index (χ1n) is 10.9. The molecule has 8 nitrogen and oxygen atoms in total. The molecule has 1 aromatic heterocycles. The summed E-state index contributed by atoms with van der Waals surface area (Å²) in [4.78, 5) is 25.5. The minimum absolute atomic E-state index is 0.0251. The molecule has 3 amide bonds. The van der Waals surface area contributed by atoms with Crippen molar-refractivity contribution in [1.82, 2.24) is 20.8 Å². The number of aromatic nitrogens is 2. The summed E-state index contributed by atoms with van der Waals surface area (Å²) in [5, 5.41) is 18.0. The normalized spacial score (nSPS) is 16.2. The van der Waals surface area contributed by atoms with Gasteiger partial charge in [-0.3, -0.25) is 10.1 Å². The standard InChI is InChI=1S/C22H31N5O3S/c1-4-14(2)18(24-21(29)23-16-10-6-5-7-11-16)19(28)25-22-27-26-20(31-22)15-9-8-12-17(13-15)30-3/h8-9,12-14,16,18H,4-7,10-11H2,1-3H3,(H2,23,24,29)(H,25,27,28). The van der Waals surface area contributed by atoms with Gasteiger partial charge >= 0.3 is 6.03 Å². The molecule has 2 atom stereocenters. The molecule has 1 saturated carbocycles. The van der Waals surface area contributed by atoms with E-state index in [9.17, 15) is 9.59 Å². The highest BCUT2D eigenvalue weighted by molar-refractivity contribution is 7.18. The predicted molar refractivity (Wildman–Crippen MR) is 122 cm³/mol. The molecule has 2 aromatic rings. The lowest BCUT2D eigenvalue weighted by Gasteiger charge is -2.26. The number of ether oxygens (including phenoxy) is 1. The first-order valence-corrected chi connectivity index (χ1v) is 11.7. The van der Waals surface area contributed by atoms with E-state index in [2.05, 4.69) is 26.1 Å². The van der Waals surface area contributed by atoms with Crippen molar-refractivity contribution >= 4 is 28.4 Å². The molecule has 0 radical (unpaired) electrons. The second-order valence-electron chi connectivity index (χ2n) is 7.95. The maximum absolute atomic E-state index is 13.0. The molecule has 168 valence electrons. The van der Waals surface area contributed by atoms with E-state index >= 15 is 0 Å². The lowest BCUT2D eigenvalue weighted by Crippen LogP contribution is -2.53. The summed E-state index contributed by atoms with van der Waals surface area (Å²) < 4.78 is 5.25. The summed E-state index contributed by atoms with van der Waals surface area (Å²) in [7, 11) is 1.61. The summed E-state index contributed by atoms with van der Waals surface area (Å²) in [6, 6.07) is 6.75. The van der Waals surface area contributed by atoms with Gasteiger partial charge in [0.1, 0.15) is 16.8 Å². The van der Waals surface area contributed by atoms with Gasteiger partial charge in [-0.1, -0.05) is 63.0 Å². The molecule has 0 aliphatic heterocycles. The van der Waals surface area contributed by atoms with E-state index in [-0.39, 0.29) is 23.9 Å². The van der Waals surface area contributed by atoms with Crippen LogP contribution in [0.25, 0.3) is 10.6 Å². The highest BCUT2D eigenvalue weighted by atomic mass is 32.1. The quantitative estimate of drug-likeness (QED) is 0.565. The molecule has 0 bridgehead atoms. The Morgan fingerprint density at radius 3 is 2.71 bits per heavy atom. The molecule has 31 heavy (non-hydrogen) atoms. The molecule has 0 spiro atoms. The largest absolute Gasteiger partial charge is 0.497 e. The molecular formula is C22H31N5O3S. The number of nitrogens with one attached hydrogen (secondary N) is 3. The number of rotatable bonds is 8. The van der Waals surface area contributed by atoms with Gasteiger partial charge in [0.25, 0.3) is 0 Å². The van der Waals surface area contributed by atoms with Gasteiger partial charge in [-0.15, -0.1) is 10.2 Å². The van der Waals surface area contributed by atoms with Crippen LogP contribution in [0.5, 0.6) is 5.75 Å². The fourth-order valence-corrected chi connectivity index (χ4v) is 4.39. The Bertz CT molecular complexity index is 882. The van der Waals surface area contributed by atoms with E-state index < -0.39 is 6.04 Å². The van der Waals surface area contributed by atoms with E-state index in [0.29, 0.717) is 10.1 Å². The van der Waals surface area contributed by atoms with E-state index in [1.165, 1.54) is 17.8 Å². The maximum atomic E-state index is 13.0. The predicted octanol–water partition coefficient (Wildman–Crippen LogP) is 4.20. The van der Waals surface area contributed by atoms with Crippen molar-refractivity contribution in [3.05, 3.63) is 24.3 Å².